The second-order valence-corrected chi connectivity index (χ2v) is 10.3. The molecule has 0 spiro atoms. The highest BCUT2D eigenvalue weighted by atomic mass is 19.1. The number of nitrogens with one attached hydrogen (secondary N) is 2. The van der Waals surface area contributed by atoms with Crippen molar-refractivity contribution in [2.24, 2.45) is 0 Å². The number of fused-ring (bicyclic) bond motifs is 1. The number of anilines is 3. The number of benzene rings is 3. The van der Waals surface area contributed by atoms with Crippen molar-refractivity contribution in [3.05, 3.63) is 90.0 Å². The van der Waals surface area contributed by atoms with Crippen LogP contribution in [0.25, 0.3) is 10.9 Å². The lowest BCUT2D eigenvalue weighted by atomic mass is 9.96. The van der Waals surface area contributed by atoms with Gasteiger partial charge >= 0.3 is 0 Å². The van der Waals surface area contributed by atoms with Crippen LogP contribution < -0.4 is 20.1 Å². The minimum absolute atomic E-state index is 0.174. The maximum atomic E-state index is 13.6. The number of aromatic nitrogens is 2. The van der Waals surface area contributed by atoms with E-state index < -0.39 is 5.60 Å². The van der Waals surface area contributed by atoms with Crippen molar-refractivity contribution < 1.29 is 23.8 Å². The molecule has 1 aromatic heterocycles. The van der Waals surface area contributed by atoms with Crippen molar-refractivity contribution in [3.63, 3.8) is 0 Å². The predicted octanol–water partition coefficient (Wildman–Crippen LogP) is 5.38. The molecule has 4 aromatic rings. The molecule has 3 aromatic carbocycles. The highest BCUT2D eigenvalue weighted by Gasteiger charge is 2.22. The Morgan fingerprint density at radius 3 is 2.61 bits per heavy atom. The fraction of sp³-hybridized carbons (Fsp3) is 0.258. The fourth-order valence-electron chi connectivity index (χ4n) is 4.14. The van der Waals surface area contributed by atoms with Crippen LogP contribution in [-0.4, -0.2) is 53.6 Å². The first-order valence-electron chi connectivity index (χ1n) is 13.0. The minimum Gasteiger partial charge on any atom is -0.494 e. The second kappa shape index (κ2) is 12.8. The summed E-state index contributed by atoms with van der Waals surface area (Å²) >= 11 is 0. The van der Waals surface area contributed by atoms with Gasteiger partial charge in [-0.3, -0.25) is 4.79 Å². The summed E-state index contributed by atoms with van der Waals surface area (Å²) in [4.78, 5) is 23.3. The van der Waals surface area contributed by atoms with E-state index in [1.165, 1.54) is 31.6 Å². The third kappa shape index (κ3) is 7.77. The molecule has 0 radical (unpaired) electrons. The average molecular weight is 560 g/mol. The van der Waals surface area contributed by atoms with E-state index in [0.717, 1.165) is 0 Å². The summed E-state index contributed by atoms with van der Waals surface area (Å²) in [6, 6.07) is 14.9. The quantitative estimate of drug-likeness (QED) is 0.210. The second-order valence-electron chi connectivity index (χ2n) is 10.3. The summed E-state index contributed by atoms with van der Waals surface area (Å²) in [6.45, 7) is 4.14. The van der Waals surface area contributed by atoms with Gasteiger partial charge in [0.05, 0.1) is 23.9 Å². The van der Waals surface area contributed by atoms with E-state index in [2.05, 4.69) is 20.6 Å². The molecule has 4 rings (SSSR count). The van der Waals surface area contributed by atoms with E-state index in [-0.39, 0.29) is 18.3 Å². The Morgan fingerprint density at radius 1 is 1.10 bits per heavy atom. The molecule has 9 nitrogen and oxygen atoms in total. The average Bonchev–Trinajstić information content (AvgIpc) is 2.91. The zero-order valence-electron chi connectivity index (χ0n) is 23.7. The van der Waals surface area contributed by atoms with Crippen LogP contribution in [0.5, 0.6) is 11.5 Å². The van der Waals surface area contributed by atoms with Gasteiger partial charge in [-0.15, -0.1) is 0 Å². The molecule has 3 N–H and O–H groups in total. The molecule has 0 fully saturated rings. The van der Waals surface area contributed by atoms with E-state index in [0.29, 0.717) is 57.3 Å². The monoisotopic (exact) mass is 559 g/mol. The standard InChI is InChI=1S/C31H34FN5O4/c1-31(2,39)24-15-22(41-18-20-8-6-9-21(32)14-20)11-12-25(24)36-30-23-16-27(35-29(38)10-7-13-37(3)4)28(40-5)17-26(23)33-19-34-30/h6-12,14-17,19,39H,13,18H2,1-5H3,(H,35,38)(H,33,34,36)/b10-7+. The predicted molar refractivity (Wildman–Crippen MR) is 158 cm³/mol. The largest absolute Gasteiger partial charge is 0.494 e. The Labute approximate surface area is 238 Å². The normalized spacial score (nSPS) is 11.7. The van der Waals surface area contributed by atoms with Crippen molar-refractivity contribution in [3.8, 4) is 11.5 Å². The van der Waals surface area contributed by atoms with Crippen LogP contribution >= 0.6 is 0 Å². The van der Waals surface area contributed by atoms with Gasteiger partial charge in [0, 0.05) is 35.3 Å². The van der Waals surface area contributed by atoms with Crippen LogP contribution in [0.2, 0.25) is 0 Å². The van der Waals surface area contributed by atoms with Crippen LogP contribution in [0, 0.1) is 5.82 Å². The summed E-state index contributed by atoms with van der Waals surface area (Å²) < 4.78 is 24.9. The van der Waals surface area contributed by atoms with E-state index in [1.54, 1.807) is 62.4 Å². The van der Waals surface area contributed by atoms with Crippen molar-refractivity contribution in [1.82, 2.24) is 14.9 Å². The molecule has 1 amide bonds. The van der Waals surface area contributed by atoms with Gasteiger partial charge in [-0.1, -0.05) is 18.2 Å². The van der Waals surface area contributed by atoms with Crippen molar-refractivity contribution in [2.75, 3.05) is 38.4 Å². The molecule has 214 valence electrons. The van der Waals surface area contributed by atoms with Crippen LogP contribution in [0.1, 0.15) is 25.0 Å². The van der Waals surface area contributed by atoms with Crippen LogP contribution in [0.3, 0.4) is 0 Å². The number of hydrogen-bond acceptors (Lipinski definition) is 8. The molecule has 0 aliphatic carbocycles. The molecule has 0 saturated heterocycles. The number of hydrogen-bond donors (Lipinski definition) is 3. The number of nitrogens with zero attached hydrogens (tertiary/aromatic N) is 3. The summed E-state index contributed by atoms with van der Waals surface area (Å²) in [5.74, 6) is 0.806. The summed E-state index contributed by atoms with van der Waals surface area (Å²) in [5.41, 5.74) is 1.68. The SMILES string of the molecule is COc1cc2ncnc(Nc3ccc(OCc4cccc(F)c4)cc3C(C)(C)O)c2cc1NC(=O)/C=C/CN(C)C. The summed E-state index contributed by atoms with van der Waals surface area (Å²) in [7, 11) is 5.35. The third-order valence-corrected chi connectivity index (χ3v) is 6.15. The fourth-order valence-corrected chi connectivity index (χ4v) is 4.14. The number of carbonyl (C=O) groups excluding carboxylic acids is 1. The van der Waals surface area contributed by atoms with Crippen LogP contribution in [0.15, 0.2) is 73.1 Å². The van der Waals surface area contributed by atoms with Crippen molar-refractivity contribution in [1.29, 1.82) is 0 Å². The van der Waals surface area contributed by atoms with Gasteiger partial charge in [0.2, 0.25) is 5.91 Å². The van der Waals surface area contributed by atoms with Gasteiger partial charge in [-0.25, -0.2) is 14.4 Å². The molecular weight excluding hydrogens is 525 g/mol. The number of ether oxygens (including phenoxy) is 2. The van der Waals surface area contributed by atoms with Gasteiger partial charge in [-0.2, -0.15) is 0 Å². The van der Waals surface area contributed by atoms with Crippen LogP contribution in [-0.2, 0) is 17.0 Å². The number of amides is 1. The highest BCUT2D eigenvalue weighted by Crippen LogP contribution is 2.36. The molecule has 0 aliphatic heterocycles. The number of methoxy groups -OCH3 is 1. The molecule has 0 saturated carbocycles. The first-order valence-corrected chi connectivity index (χ1v) is 13.0. The molecule has 0 unspecified atom stereocenters. The topological polar surface area (TPSA) is 109 Å². The smallest absolute Gasteiger partial charge is 0.248 e. The van der Waals surface area contributed by atoms with E-state index >= 15 is 0 Å². The molecule has 0 bridgehead atoms. The Bertz CT molecular complexity index is 1570. The number of likely N-dealkylation sites (N-methyl/N-ethyl adjacent to an activating group) is 1. The maximum absolute atomic E-state index is 13.6. The Hall–Kier alpha value is -4.54. The Kier molecular flexibility index (Phi) is 9.16. The Balaban J connectivity index is 1.64. The number of aliphatic hydroxyl groups is 1. The van der Waals surface area contributed by atoms with Crippen molar-refractivity contribution >= 4 is 34.0 Å². The first-order chi connectivity index (χ1) is 19.5. The molecule has 1 heterocycles. The lowest BCUT2D eigenvalue weighted by Crippen LogP contribution is -2.18. The van der Waals surface area contributed by atoms with Gasteiger partial charge in [0.1, 0.15) is 36.1 Å². The van der Waals surface area contributed by atoms with Gasteiger partial charge < -0.3 is 30.1 Å². The lowest BCUT2D eigenvalue weighted by Gasteiger charge is -2.23. The van der Waals surface area contributed by atoms with Crippen LogP contribution in [0.4, 0.5) is 21.6 Å². The third-order valence-electron chi connectivity index (χ3n) is 6.15. The van der Waals surface area contributed by atoms with Crippen molar-refractivity contribution in [2.45, 2.75) is 26.1 Å². The molecule has 41 heavy (non-hydrogen) atoms. The number of rotatable bonds is 11. The summed E-state index contributed by atoms with van der Waals surface area (Å²) in [5, 5.41) is 17.8. The molecule has 10 heteroatoms. The first kappa shape index (κ1) is 29.4. The zero-order valence-corrected chi connectivity index (χ0v) is 23.7. The number of carbonyl (C=O) groups is 1. The Morgan fingerprint density at radius 2 is 1.90 bits per heavy atom. The maximum Gasteiger partial charge on any atom is 0.248 e. The molecule has 0 atom stereocenters. The molecular formula is C31H34FN5O4. The highest BCUT2D eigenvalue weighted by molar-refractivity contribution is 6.03. The van der Waals surface area contributed by atoms with Gasteiger partial charge in [0.15, 0.2) is 0 Å². The van der Waals surface area contributed by atoms with E-state index in [1.807, 2.05) is 19.0 Å². The lowest BCUT2D eigenvalue weighted by molar-refractivity contribution is -0.111. The van der Waals surface area contributed by atoms with E-state index in [9.17, 15) is 14.3 Å². The summed E-state index contributed by atoms with van der Waals surface area (Å²) in [6.07, 6.45) is 4.66. The minimum atomic E-state index is -1.23. The molecule has 0 aliphatic rings. The van der Waals surface area contributed by atoms with Gasteiger partial charge in [0.25, 0.3) is 0 Å². The van der Waals surface area contributed by atoms with E-state index in [4.69, 9.17) is 9.47 Å². The van der Waals surface area contributed by atoms with Gasteiger partial charge in [-0.05, 0) is 69.9 Å². The number of halogens is 1. The zero-order chi connectivity index (χ0) is 29.6.